The topological polar surface area (TPSA) is 45.8 Å². The molecule has 6 heteroatoms. The van der Waals surface area contributed by atoms with E-state index in [1.807, 2.05) is 19.9 Å². The van der Waals surface area contributed by atoms with Gasteiger partial charge in [-0.2, -0.15) is 18.4 Å². The number of hydrogen-bond acceptors (Lipinski definition) is 2. The van der Waals surface area contributed by atoms with Gasteiger partial charge in [0.05, 0.1) is 5.56 Å². The first kappa shape index (κ1) is 16.8. The first-order valence-electron chi connectivity index (χ1n) is 7.04. The molecule has 0 aliphatic carbocycles. The Labute approximate surface area is 131 Å². The number of nitriles is 1. The molecule has 3 nitrogen and oxygen atoms in total. The zero-order valence-corrected chi connectivity index (χ0v) is 12.7. The summed E-state index contributed by atoms with van der Waals surface area (Å²) in [5.41, 5.74) is -0.561. The van der Waals surface area contributed by atoms with Crippen LogP contribution in [0.3, 0.4) is 0 Å². The van der Waals surface area contributed by atoms with Gasteiger partial charge in [0.2, 0.25) is 0 Å². The Kier molecular flexibility index (Phi) is 4.60. The Morgan fingerprint density at radius 2 is 1.91 bits per heavy atom. The number of hydrogen-bond donors (Lipinski definition) is 0. The molecule has 1 heterocycles. The smallest absolute Gasteiger partial charge is 0.314 e. The summed E-state index contributed by atoms with van der Waals surface area (Å²) in [6.45, 7) is 4.21. The van der Waals surface area contributed by atoms with Gasteiger partial charge in [0.15, 0.2) is 0 Å². The number of rotatable bonds is 3. The Hall–Kier alpha value is -2.55. The molecule has 0 amide bonds. The molecule has 0 saturated carbocycles. The molecule has 0 saturated heterocycles. The van der Waals surface area contributed by atoms with Crippen LogP contribution in [0.1, 0.15) is 25.0 Å². The summed E-state index contributed by atoms with van der Waals surface area (Å²) in [6.07, 6.45) is -2.95. The molecular formula is C17H15F3N2O. The standard InChI is InChI=1S/C17H15F3N2O/c1-11(2)9-22-10-14(6-13(8-21)16(22)23)12-4-3-5-15(7-12)17(18,19)20/h3-7,10-11H,9H2,1-2H3. The van der Waals surface area contributed by atoms with Gasteiger partial charge >= 0.3 is 6.18 Å². The van der Waals surface area contributed by atoms with Crippen molar-refractivity contribution in [3.05, 3.63) is 58.0 Å². The van der Waals surface area contributed by atoms with Crippen molar-refractivity contribution in [1.29, 1.82) is 5.26 Å². The van der Waals surface area contributed by atoms with Crippen LogP contribution in [0.15, 0.2) is 41.3 Å². The van der Waals surface area contributed by atoms with Gasteiger partial charge in [-0.1, -0.05) is 26.0 Å². The largest absolute Gasteiger partial charge is 0.416 e. The maximum absolute atomic E-state index is 12.8. The highest BCUT2D eigenvalue weighted by Crippen LogP contribution is 2.32. The van der Waals surface area contributed by atoms with Gasteiger partial charge in [-0.3, -0.25) is 4.79 Å². The van der Waals surface area contributed by atoms with Gasteiger partial charge in [0.25, 0.3) is 5.56 Å². The minimum absolute atomic E-state index is 0.0828. The van der Waals surface area contributed by atoms with E-state index in [1.54, 1.807) is 0 Å². The summed E-state index contributed by atoms with van der Waals surface area (Å²) >= 11 is 0. The van der Waals surface area contributed by atoms with Gasteiger partial charge in [-0.15, -0.1) is 0 Å². The Balaban J connectivity index is 2.60. The molecule has 0 aliphatic rings. The van der Waals surface area contributed by atoms with Crippen LogP contribution < -0.4 is 5.56 Å². The quantitative estimate of drug-likeness (QED) is 0.856. The predicted molar refractivity (Wildman–Crippen MR) is 80.7 cm³/mol. The third-order valence-corrected chi connectivity index (χ3v) is 3.29. The molecular weight excluding hydrogens is 305 g/mol. The normalized spacial score (nSPS) is 11.5. The van der Waals surface area contributed by atoms with Crippen molar-refractivity contribution < 1.29 is 13.2 Å². The Bertz CT molecular complexity index is 814. The zero-order valence-electron chi connectivity index (χ0n) is 12.7. The Morgan fingerprint density at radius 1 is 1.22 bits per heavy atom. The number of pyridine rings is 1. The average Bonchev–Trinajstić information content (AvgIpc) is 2.48. The molecule has 1 aromatic carbocycles. The lowest BCUT2D eigenvalue weighted by Gasteiger charge is -2.13. The second-order valence-electron chi connectivity index (χ2n) is 5.68. The fraction of sp³-hybridized carbons (Fsp3) is 0.294. The summed E-state index contributed by atoms with van der Waals surface area (Å²) in [6, 6.07) is 7.97. The summed E-state index contributed by atoms with van der Waals surface area (Å²) in [7, 11) is 0. The van der Waals surface area contributed by atoms with Crippen LogP contribution in [-0.4, -0.2) is 4.57 Å². The van der Waals surface area contributed by atoms with Crippen LogP contribution in [0.4, 0.5) is 13.2 Å². The van der Waals surface area contributed by atoms with Crippen molar-refractivity contribution >= 4 is 0 Å². The molecule has 0 N–H and O–H groups in total. The highest BCUT2D eigenvalue weighted by atomic mass is 19.4. The minimum atomic E-state index is -4.44. The van der Waals surface area contributed by atoms with Crippen LogP contribution in [0.25, 0.3) is 11.1 Å². The first-order valence-corrected chi connectivity index (χ1v) is 7.04. The Morgan fingerprint density at radius 3 is 2.48 bits per heavy atom. The van der Waals surface area contributed by atoms with E-state index in [-0.39, 0.29) is 11.5 Å². The lowest BCUT2D eigenvalue weighted by atomic mass is 10.0. The number of aromatic nitrogens is 1. The van der Waals surface area contributed by atoms with Crippen LogP contribution in [0, 0.1) is 17.2 Å². The molecule has 0 spiro atoms. The SMILES string of the molecule is CC(C)Cn1cc(-c2cccc(C(F)(F)F)c2)cc(C#N)c1=O. The molecule has 0 aliphatic heterocycles. The number of benzene rings is 1. The number of nitrogens with zero attached hydrogens (tertiary/aromatic N) is 2. The van der Waals surface area contributed by atoms with Crippen molar-refractivity contribution in [1.82, 2.24) is 4.57 Å². The third-order valence-electron chi connectivity index (χ3n) is 3.29. The summed E-state index contributed by atoms with van der Waals surface area (Å²) in [5, 5.41) is 9.09. The number of halogens is 3. The second-order valence-corrected chi connectivity index (χ2v) is 5.68. The van der Waals surface area contributed by atoms with E-state index < -0.39 is 17.3 Å². The van der Waals surface area contributed by atoms with Gasteiger partial charge in [0.1, 0.15) is 11.6 Å². The predicted octanol–water partition coefficient (Wildman–Crippen LogP) is 4.06. The van der Waals surface area contributed by atoms with Gasteiger partial charge in [-0.05, 0) is 35.2 Å². The lowest BCUT2D eigenvalue weighted by Crippen LogP contribution is -2.24. The van der Waals surface area contributed by atoms with Gasteiger partial charge in [-0.25, -0.2) is 0 Å². The fourth-order valence-corrected chi connectivity index (χ4v) is 2.28. The summed E-state index contributed by atoms with van der Waals surface area (Å²) < 4.78 is 39.9. The van der Waals surface area contributed by atoms with E-state index in [1.165, 1.54) is 29.0 Å². The van der Waals surface area contributed by atoms with Crippen molar-refractivity contribution in [2.24, 2.45) is 5.92 Å². The van der Waals surface area contributed by atoms with E-state index in [0.717, 1.165) is 12.1 Å². The van der Waals surface area contributed by atoms with Gasteiger partial charge < -0.3 is 4.57 Å². The van der Waals surface area contributed by atoms with Crippen molar-refractivity contribution in [3.8, 4) is 17.2 Å². The fourth-order valence-electron chi connectivity index (χ4n) is 2.28. The summed E-state index contributed by atoms with van der Waals surface area (Å²) in [4.78, 5) is 12.1. The van der Waals surface area contributed by atoms with E-state index in [2.05, 4.69) is 0 Å². The van der Waals surface area contributed by atoms with Crippen LogP contribution in [0.5, 0.6) is 0 Å². The highest BCUT2D eigenvalue weighted by Gasteiger charge is 2.30. The average molecular weight is 320 g/mol. The number of alkyl halides is 3. The van der Waals surface area contributed by atoms with Crippen molar-refractivity contribution in [2.45, 2.75) is 26.6 Å². The molecule has 0 unspecified atom stereocenters. The molecule has 2 rings (SSSR count). The second kappa shape index (κ2) is 6.29. The third kappa shape index (κ3) is 3.81. The van der Waals surface area contributed by atoms with E-state index in [0.29, 0.717) is 17.7 Å². The molecule has 0 radical (unpaired) electrons. The zero-order chi connectivity index (χ0) is 17.2. The molecule has 1 aromatic heterocycles. The van der Waals surface area contributed by atoms with Gasteiger partial charge in [0, 0.05) is 12.7 Å². The monoisotopic (exact) mass is 320 g/mol. The van der Waals surface area contributed by atoms with Crippen LogP contribution >= 0.6 is 0 Å². The highest BCUT2D eigenvalue weighted by molar-refractivity contribution is 5.65. The molecule has 2 aromatic rings. The molecule has 23 heavy (non-hydrogen) atoms. The maximum atomic E-state index is 12.8. The molecule has 0 atom stereocenters. The van der Waals surface area contributed by atoms with Crippen molar-refractivity contribution in [3.63, 3.8) is 0 Å². The van der Waals surface area contributed by atoms with Crippen molar-refractivity contribution in [2.75, 3.05) is 0 Å². The maximum Gasteiger partial charge on any atom is 0.416 e. The van der Waals surface area contributed by atoms with E-state index in [4.69, 9.17) is 5.26 Å². The molecule has 0 bridgehead atoms. The van der Waals surface area contributed by atoms with Crippen LogP contribution in [-0.2, 0) is 12.7 Å². The first-order chi connectivity index (χ1) is 10.7. The molecule has 0 fully saturated rings. The van der Waals surface area contributed by atoms with E-state index >= 15 is 0 Å². The lowest BCUT2D eigenvalue weighted by molar-refractivity contribution is -0.137. The summed E-state index contributed by atoms with van der Waals surface area (Å²) in [5.74, 6) is 0.163. The van der Waals surface area contributed by atoms with Crippen LogP contribution in [0.2, 0.25) is 0 Å². The minimum Gasteiger partial charge on any atom is -0.314 e. The van der Waals surface area contributed by atoms with E-state index in [9.17, 15) is 18.0 Å². The molecule has 120 valence electrons.